The molecule has 2 unspecified atom stereocenters. The number of carbonyl (C=O) groups is 2. The summed E-state index contributed by atoms with van der Waals surface area (Å²) in [6.07, 6.45) is 5.85. The van der Waals surface area contributed by atoms with Gasteiger partial charge in [0, 0.05) is 23.6 Å². The molecule has 2 atom stereocenters. The van der Waals surface area contributed by atoms with Crippen molar-refractivity contribution in [3.8, 4) is 5.75 Å². The van der Waals surface area contributed by atoms with Crippen LogP contribution in [-0.4, -0.2) is 36.4 Å². The molecule has 0 saturated carbocycles. The average molecular weight is 403 g/mol. The van der Waals surface area contributed by atoms with E-state index in [4.69, 9.17) is 20.8 Å². The summed E-state index contributed by atoms with van der Waals surface area (Å²) in [5, 5.41) is 3.59. The zero-order valence-corrected chi connectivity index (χ0v) is 16.5. The minimum Gasteiger partial charge on any atom is -0.496 e. The highest BCUT2D eigenvalue weighted by molar-refractivity contribution is 6.31. The molecule has 1 aliphatic carbocycles. The Morgan fingerprint density at radius 1 is 1.25 bits per heavy atom. The van der Waals surface area contributed by atoms with Crippen LogP contribution >= 0.6 is 11.6 Å². The molecule has 28 heavy (non-hydrogen) atoms. The molecule has 0 spiro atoms. The van der Waals surface area contributed by atoms with Crippen molar-refractivity contribution in [3.63, 3.8) is 0 Å². The molecular formula is C21H23ClN2O4. The van der Waals surface area contributed by atoms with Crippen molar-refractivity contribution in [1.29, 1.82) is 0 Å². The van der Waals surface area contributed by atoms with Gasteiger partial charge in [-0.25, -0.2) is 0 Å². The molecule has 148 valence electrons. The van der Waals surface area contributed by atoms with Crippen molar-refractivity contribution in [3.05, 3.63) is 52.4 Å². The number of hydrogen-bond donors (Lipinski definition) is 1. The van der Waals surface area contributed by atoms with Crippen LogP contribution in [0.2, 0.25) is 5.02 Å². The number of rotatable bonds is 4. The predicted octanol–water partition coefficient (Wildman–Crippen LogP) is 3.74. The number of aryl methyl sites for hydroxylation is 1. The molecule has 1 N–H and O–H groups in total. The van der Waals surface area contributed by atoms with Crippen LogP contribution in [0.4, 0.5) is 0 Å². The van der Waals surface area contributed by atoms with E-state index in [9.17, 15) is 9.59 Å². The minimum atomic E-state index is -0.492. The quantitative estimate of drug-likeness (QED) is 0.845. The molecular weight excluding hydrogens is 380 g/mol. The van der Waals surface area contributed by atoms with Crippen LogP contribution in [0.1, 0.15) is 53.4 Å². The normalized spacial score (nSPS) is 21.3. The summed E-state index contributed by atoms with van der Waals surface area (Å²) in [6.45, 7) is 0.536. The number of methoxy groups -OCH3 is 1. The summed E-state index contributed by atoms with van der Waals surface area (Å²) < 4.78 is 10.8. The molecule has 1 aromatic heterocycles. The van der Waals surface area contributed by atoms with Gasteiger partial charge >= 0.3 is 0 Å². The van der Waals surface area contributed by atoms with Crippen LogP contribution in [0.25, 0.3) is 0 Å². The lowest BCUT2D eigenvalue weighted by molar-refractivity contribution is -0.125. The maximum atomic E-state index is 13.1. The topological polar surface area (TPSA) is 71.8 Å². The van der Waals surface area contributed by atoms with Crippen LogP contribution in [-0.2, 0) is 11.2 Å². The van der Waals surface area contributed by atoms with E-state index in [0.717, 1.165) is 37.0 Å². The molecule has 1 aliphatic heterocycles. The Hall–Kier alpha value is -2.47. The number of likely N-dealkylation sites (tertiary alicyclic amines) is 1. The molecule has 0 radical (unpaired) electrons. The van der Waals surface area contributed by atoms with E-state index in [-0.39, 0.29) is 17.9 Å². The van der Waals surface area contributed by atoms with Gasteiger partial charge in [0.15, 0.2) is 0 Å². The molecule has 2 heterocycles. The highest BCUT2D eigenvalue weighted by atomic mass is 35.5. The summed E-state index contributed by atoms with van der Waals surface area (Å²) in [7, 11) is 1.51. The number of ether oxygens (including phenoxy) is 1. The second kappa shape index (κ2) is 7.87. The molecule has 6 nitrogen and oxygen atoms in total. The lowest BCUT2D eigenvalue weighted by atomic mass is 9.93. The highest BCUT2D eigenvalue weighted by Gasteiger charge is 2.37. The number of nitrogens with zero attached hydrogens (tertiary/aromatic N) is 1. The lowest BCUT2D eigenvalue weighted by Crippen LogP contribution is -2.47. The molecule has 2 amide bonds. The molecule has 1 aromatic carbocycles. The lowest BCUT2D eigenvalue weighted by Gasteiger charge is -2.28. The third-order valence-corrected chi connectivity index (χ3v) is 5.81. The van der Waals surface area contributed by atoms with Crippen LogP contribution < -0.4 is 10.1 Å². The first-order valence-electron chi connectivity index (χ1n) is 9.59. The van der Waals surface area contributed by atoms with Crippen LogP contribution in [0, 0.1) is 0 Å². The van der Waals surface area contributed by atoms with Crippen molar-refractivity contribution in [2.24, 2.45) is 0 Å². The fourth-order valence-corrected chi connectivity index (χ4v) is 4.36. The van der Waals surface area contributed by atoms with Gasteiger partial charge in [-0.2, -0.15) is 0 Å². The van der Waals surface area contributed by atoms with Gasteiger partial charge in [0.25, 0.3) is 5.91 Å². The van der Waals surface area contributed by atoms with Crippen LogP contribution in [0.5, 0.6) is 5.75 Å². The minimum absolute atomic E-state index is 0.0618. The summed E-state index contributed by atoms with van der Waals surface area (Å²) in [4.78, 5) is 27.8. The molecule has 7 heteroatoms. The first-order chi connectivity index (χ1) is 13.6. The SMILES string of the molecule is COc1ccc(Cl)cc1C(=O)N1CCCC1C(=O)NC1CCCc2occc21. The van der Waals surface area contributed by atoms with Gasteiger partial charge in [0.05, 0.1) is 25.0 Å². The van der Waals surface area contributed by atoms with Crippen molar-refractivity contribution in [2.75, 3.05) is 13.7 Å². The number of benzene rings is 1. The molecule has 0 bridgehead atoms. The van der Waals surface area contributed by atoms with Crippen LogP contribution in [0.3, 0.4) is 0 Å². The predicted molar refractivity (Wildman–Crippen MR) is 105 cm³/mol. The maximum absolute atomic E-state index is 13.1. The number of furan rings is 1. The van der Waals surface area contributed by atoms with Crippen molar-refractivity contribution >= 4 is 23.4 Å². The largest absolute Gasteiger partial charge is 0.496 e. The Bertz CT molecular complexity index is 894. The Kier molecular flexibility index (Phi) is 5.31. The highest BCUT2D eigenvalue weighted by Crippen LogP contribution is 2.32. The Morgan fingerprint density at radius 2 is 2.11 bits per heavy atom. The molecule has 4 rings (SSSR count). The van der Waals surface area contributed by atoms with Crippen molar-refractivity contribution in [2.45, 2.75) is 44.2 Å². The second-order valence-electron chi connectivity index (χ2n) is 7.25. The van der Waals surface area contributed by atoms with Gasteiger partial charge in [0.1, 0.15) is 17.6 Å². The monoisotopic (exact) mass is 402 g/mol. The number of carbonyl (C=O) groups excluding carboxylic acids is 2. The van der Waals surface area contributed by atoms with E-state index in [2.05, 4.69) is 5.32 Å². The third-order valence-electron chi connectivity index (χ3n) is 5.58. The number of halogens is 1. The van der Waals surface area contributed by atoms with Gasteiger partial charge in [-0.05, 0) is 49.9 Å². The molecule has 1 saturated heterocycles. The van der Waals surface area contributed by atoms with E-state index >= 15 is 0 Å². The Balaban J connectivity index is 1.52. The van der Waals surface area contributed by atoms with Crippen LogP contribution in [0.15, 0.2) is 34.9 Å². The average Bonchev–Trinajstić information content (AvgIpc) is 3.37. The number of fused-ring (bicyclic) bond motifs is 1. The number of nitrogens with one attached hydrogen (secondary N) is 1. The van der Waals surface area contributed by atoms with Gasteiger partial charge in [-0.3, -0.25) is 9.59 Å². The molecule has 1 fully saturated rings. The first kappa shape index (κ1) is 18.9. The van der Waals surface area contributed by atoms with Gasteiger partial charge in [0.2, 0.25) is 5.91 Å². The number of hydrogen-bond acceptors (Lipinski definition) is 4. The van der Waals surface area contributed by atoms with E-state index in [1.54, 1.807) is 29.4 Å². The molecule has 2 aromatic rings. The number of amides is 2. The fourth-order valence-electron chi connectivity index (χ4n) is 4.19. The van der Waals surface area contributed by atoms with E-state index < -0.39 is 6.04 Å². The first-order valence-corrected chi connectivity index (χ1v) is 9.97. The summed E-state index contributed by atoms with van der Waals surface area (Å²) in [6, 6.07) is 6.31. The zero-order chi connectivity index (χ0) is 19.7. The van der Waals surface area contributed by atoms with E-state index in [1.165, 1.54) is 7.11 Å². The van der Waals surface area contributed by atoms with E-state index in [1.807, 2.05) is 6.07 Å². The Morgan fingerprint density at radius 3 is 2.93 bits per heavy atom. The third kappa shape index (κ3) is 3.49. The smallest absolute Gasteiger partial charge is 0.258 e. The van der Waals surface area contributed by atoms with Gasteiger partial charge < -0.3 is 19.4 Å². The zero-order valence-electron chi connectivity index (χ0n) is 15.7. The summed E-state index contributed by atoms with van der Waals surface area (Å²) in [5.74, 6) is 1.05. The van der Waals surface area contributed by atoms with Crippen molar-refractivity contribution in [1.82, 2.24) is 10.2 Å². The summed E-state index contributed by atoms with van der Waals surface area (Å²) in [5.41, 5.74) is 1.43. The maximum Gasteiger partial charge on any atom is 0.258 e. The Labute approximate surface area is 168 Å². The molecule has 2 aliphatic rings. The van der Waals surface area contributed by atoms with Gasteiger partial charge in [-0.15, -0.1) is 0 Å². The van der Waals surface area contributed by atoms with E-state index in [0.29, 0.717) is 29.3 Å². The standard InChI is InChI=1S/C21H23ClN2O4/c1-27-18-8-7-13(22)12-15(18)21(26)24-10-3-5-17(24)20(25)23-16-4-2-6-19-14(16)9-11-28-19/h7-9,11-12,16-17H,2-6,10H2,1H3,(H,23,25). The summed E-state index contributed by atoms with van der Waals surface area (Å²) >= 11 is 6.07. The van der Waals surface area contributed by atoms with Crippen molar-refractivity contribution < 1.29 is 18.7 Å². The fraction of sp³-hybridized carbons (Fsp3) is 0.429. The van der Waals surface area contributed by atoms with Gasteiger partial charge in [-0.1, -0.05) is 11.6 Å². The second-order valence-corrected chi connectivity index (χ2v) is 7.69.